The van der Waals surface area contributed by atoms with Gasteiger partial charge in [-0.15, -0.1) is 0 Å². The van der Waals surface area contributed by atoms with Crippen molar-refractivity contribution in [2.75, 3.05) is 0 Å². The number of ether oxygens (including phenoxy) is 1. The third kappa shape index (κ3) is 33.1. The Morgan fingerprint density at radius 3 is 1.37 bits per heavy atom. The van der Waals surface area contributed by atoms with Crippen molar-refractivity contribution < 1.29 is 19.4 Å². The van der Waals surface area contributed by atoms with Crippen molar-refractivity contribution in [1.29, 1.82) is 0 Å². The van der Waals surface area contributed by atoms with E-state index >= 15 is 0 Å². The van der Waals surface area contributed by atoms with Gasteiger partial charge in [-0.1, -0.05) is 142 Å². The zero-order valence-corrected chi connectivity index (χ0v) is 27.6. The van der Waals surface area contributed by atoms with Gasteiger partial charge in [0.1, 0.15) is 6.10 Å². The molecule has 0 aliphatic carbocycles. The molecule has 242 valence electrons. The van der Waals surface area contributed by atoms with Gasteiger partial charge in [0.15, 0.2) is 0 Å². The van der Waals surface area contributed by atoms with Gasteiger partial charge in [-0.25, -0.2) is 0 Å². The molecular weight excluding hydrogens is 508 g/mol. The number of hydrogen-bond acceptors (Lipinski definition) is 3. The summed E-state index contributed by atoms with van der Waals surface area (Å²) in [5.74, 6) is -0.705. The minimum Gasteiger partial charge on any atom is -0.481 e. The lowest BCUT2D eigenvalue weighted by molar-refractivity contribution is -0.150. The SMILES string of the molecule is CCCCC/C=C\CCCCCCCC(=O)OC(CCCCCCCCCCCCC)CCCCCCCC(=O)O. The first-order chi connectivity index (χ1) is 20.1. The Labute approximate surface area is 255 Å². The molecule has 4 nitrogen and oxygen atoms in total. The quantitative estimate of drug-likeness (QED) is 0.0478. The number of aliphatic carboxylic acids is 1. The van der Waals surface area contributed by atoms with Gasteiger partial charge >= 0.3 is 11.9 Å². The number of hydrogen-bond donors (Lipinski definition) is 1. The fourth-order valence-electron chi connectivity index (χ4n) is 5.53. The molecule has 0 radical (unpaired) electrons. The first-order valence-electron chi connectivity index (χ1n) is 18.2. The van der Waals surface area contributed by atoms with Gasteiger partial charge in [0.2, 0.25) is 0 Å². The molecule has 0 aliphatic heterocycles. The molecular formula is C37H70O4. The van der Waals surface area contributed by atoms with E-state index in [0.29, 0.717) is 6.42 Å². The molecule has 0 heterocycles. The lowest BCUT2D eigenvalue weighted by Gasteiger charge is -2.18. The third-order valence-corrected chi connectivity index (χ3v) is 8.24. The molecule has 0 spiro atoms. The van der Waals surface area contributed by atoms with Crippen LogP contribution in [0.25, 0.3) is 0 Å². The van der Waals surface area contributed by atoms with E-state index in [1.165, 1.54) is 116 Å². The van der Waals surface area contributed by atoms with Crippen LogP contribution in [0.5, 0.6) is 0 Å². The molecule has 0 fully saturated rings. The second-order valence-corrected chi connectivity index (χ2v) is 12.4. The van der Waals surface area contributed by atoms with Gasteiger partial charge in [0, 0.05) is 12.8 Å². The Morgan fingerprint density at radius 1 is 0.512 bits per heavy atom. The normalized spacial score (nSPS) is 12.2. The Morgan fingerprint density at radius 2 is 0.878 bits per heavy atom. The summed E-state index contributed by atoms with van der Waals surface area (Å²) in [5, 5.41) is 8.79. The predicted octanol–water partition coefficient (Wildman–Crippen LogP) is 12.3. The van der Waals surface area contributed by atoms with E-state index in [1.807, 2.05) is 0 Å². The van der Waals surface area contributed by atoms with Crippen LogP contribution in [0.1, 0.15) is 206 Å². The van der Waals surface area contributed by atoms with Crippen molar-refractivity contribution >= 4 is 11.9 Å². The van der Waals surface area contributed by atoms with Gasteiger partial charge in [-0.3, -0.25) is 9.59 Å². The maximum atomic E-state index is 12.6. The van der Waals surface area contributed by atoms with Gasteiger partial charge in [-0.05, 0) is 64.2 Å². The van der Waals surface area contributed by atoms with Gasteiger partial charge in [0.25, 0.3) is 0 Å². The lowest BCUT2D eigenvalue weighted by Crippen LogP contribution is -2.18. The van der Waals surface area contributed by atoms with Crippen LogP contribution in [0.4, 0.5) is 0 Å². The largest absolute Gasteiger partial charge is 0.481 e. The molecule has 0 saturated carbocycles. The smallest absolute Gasteiger partial charge is 0.306 e. The third-order valence-electron chi connectivity index (χ3n) is 8.24. The van der Waals surface area contributed by atoms with Crippen LogP contribution in [0.15, 0.2) is 12.2 Å². The molecule has 0 aromatic carbocycles. The maximum absolute atomic E-state index is 12.6. The highest BCUT2D eigenvalue weighted by molar-refractivity contribution is 5.69. The molecule has 0 aromatic rings. The monoisotopic (exact) mass is 579 g/mol. The van der Waals surface area contributed by atoms with E-state index in [9.17, 15) is 9.59 Å². The van der Waals surface area contributed by atoms with Crippen LogP contribution in [0.3, 0.4) is 0 Å². The molecule has 0 amide bonds. The zero-order valence-electron chi connectivity index (χ0n) is 27.6. The van der Waals surface area contributed by atoms with Crippen LogP contribution in [-0.4, -0.2) is 23.1 Å². The number of esters is 1. The average molecular weight is 579 g/mol. The van der Waals surface area contributed by atoms with E-state index in [2.05, 4.69) is 26.0 Å². The van der Waals surface area contributed by atoms with E-state index < -0.39 is 5.97 Å². The van der Waals surface area contributed by atoms with Crippen molar-refractivity contribution in [1.82, 2.24) is 0 Å². The number of carbonyl (C=O) groups excluding carboxylic acids is 1. The molecule has 4 heteroatoms. The number of carboxylic acids is 1. The number of unbranched alkanes of at least 4 members (excludes halogenated alkanes) is 22. The minimum absolute atomic E-state index is 0.00505. The molecule has 1 atom stereocenters. The van der Waals surface area contributed by atoms with Crippen LogP contribution in [-0.2, 0) is 14.3 Å². The van der Waals surface area contributed by atoms with Gasteiger partial charge < -0.3 is 9.84 Å². The van der Waals surface area contributed by atoms with E-state index in [1.54, 1.807) is 0 Å². The highest BCUT2D eigenvalue weighted by atomic mass is 16.5. The van der Waals surface area contributed by atoms with E-state index in [-0.39, 0.29) is 18.5 Å². The van der Waals surface area contributed by atoms with Crippen molar-refractivity contribution in [3.63, 3.8) is 0 Å². The van der Waals surface area contributed by atoms with Crippen molar-refractivity contribution in [3.8, 4) is 0 Å². The standard InChI is InChI=1S/C37H70O4/c1-3-5-7-9-11-13-15-17-19-21-26-30-34-37(40)41-35(32-28-24-22-25-29-33-36(38)39)31-27-23-20-18-16-14-12-10-8-6-4-2/h11,13,35H,3-10,12,14-34H2,1-2H3,(H,38,39)/b13-11-. The van der Waals surface area contributed by atoms with Crippen LogP contribution in [0.2, 0.25) is 0 Å². The molecule has 1 unspecified atom stereocenters. The van der Waals surface area contributed by atoms with E-state index in [0.717, 1.165) is 64.2 Å². The van der Waals surface area contributed by atoms with Gasteiger partial charge in [-0.2, -0.15) is 0 Å². The Hall–Kier alpha value is -1.32. The summed E-state index contributed by atoms with van der Waals surface area (Å²) in [6.07, 6.45) is 39.3. The summed E-state index contributed by atoms with van der Waals surface area (Å²) in [7, 11) is 0. The summed E-state index contributed by atoms with van der Waals surface area (Å²) >= 11 is 0. The highest BCUT2D eigenvalue weighted by Crippen LogP contribution is 2.19. The molecule has 41 heavy (non-hydrogen) atoms. The summed E-state index contributed by atoms with van der Waals surface area (Å²) in [4.78, 5) is 23.3. The Kier molecular flexibility index (Phi) is 32.1. The zero-order chi connectivity index (χ0) is 30.1. The summed E-state index contributed by atoms with van der Waals surface area (Å²) in [5.41, 5.74) is 0. The topological polar surface area (TPSA) is 63.6 Å². The van der Waals surface area contributed by atoms with Crippen LogP contribution in [0, 0.1) is 0 Å². The molecule has 0 aliphatic rings. The van der Waals surface area contributed by atoms with Gasteiger partial charge in [0.05, 0.1) is 0 Å². The van der Waals surface area contributed by atoms with Crippen LogP contribution < -0.4 is 0 Å². The van der Waals surface area contributed by atoms with Crippen molar-refractivity contribution in [2.24, 2.45) is 0 Å². The molecule has 0 saturated heterocycles. The number of carbonyl (C=O) groups is 2. The Bertz CT molecular complexity index is 585. The lowest BCUT2D eigenvalue weighted by atomic mass is 10.0. The number of rotatable bonds is 33. The highest BCUT2D eigenvalue weighted by Gasteiger charge is 2.14. The fourth-order valence-corrected chi connectivity index (χ4v) is 5.53. The second-order valence-electron chi connectivity index (χ2n) is 12.4. The summed E-state index contributed by atoms with van der Waals surface area (Å²) in [6, 6.07) is 0. The van der Waals surface area contributed by atoms with Crippen molar-refractivity contribution in [3.05, 3.63) is 12.2 Å². The molecule has 0 aromatic heterocycles. The first kappa shape index (κ1) is 39.7. The predicted molar refractivity (Wildman–Crippen MR) is 177 cm³/mol. The fraction of sp³-hybridized carbons (Fsp3) is 0.892. The minimum atomic E-state index is -0.700. The molecule has 0 rings (SSSR count). The molecule has 0 bridgehead atoms. The summed E-state index contributed by atoms with van der Waals surface area (Å²) in [6.45, 7) is 4.52. The second kappa shape index (κ2) is 33.2. The summed E-state index contributed by atoms with van der Waals surface area (Å²) < 4.78 is 5.98. The van der Waals surface area contributed by atoms with Crippen LogP contribution >= 0.6 is 0 Å². The maximum Gasteiger partial charge on any atom is 0.306 e. The van der Waals surface area contributed by atoms with E-state index in [4.69, 9.17) is 9.84 Å². The molecule has 1 N–H and O–H groups in total. The number of allylic oxidation sites excluding steroid dienone is 2. The average Bonchev–Trinajstić information content (AvgIpc) is 2.95. The Balaban J connectivity index is 4.05. The first-order valence-corrected chi connectivity index (χ1v) is 18.2. The number of carboxylic acid groups (broad SMARTS) is 1. The van der Waals surface area contributed by atoms with Crippen molar-refractivity contribution in [2.45, 2.75) is 213 Å².